The fourth-order valence-electron chi connectivity index (χ4n) is 3.36. The number of imidazole rings is 1. The minimum atomic E-state index is -0.619. The fraction of sp³-hybridized carbons (Fsp3) is 0.643. The molecule has 2 aromatic rings. The normalized spacial score (nSPS) is 35.0. The number of nitrogens with zero attached hydrogens (tertiary/aromatic N) is 4. The SMILES string of the molecule is Cc1nc(Cl)c2ncn(C3(C)CC4OCOCC4(C)O3)c2n1. The van der Waals surface area contributed by atoms with Crippen molar-refractivity contribution >= 4 is 22.8 Å². The monoisotopic (exact) mass is 324 g/mol. The lowest BCUT2D eigenvalue weighted by atomic mass is 9.97. The van der Waals surface area contributed by atoms with Gasteiger partial charge in [0.2, 0.25) is 0 Å². The Balaban J connectivity index is 1.82. The van der Waals surface area contributed by atoms with E-state index in [1.54, 1.807) is 13.3 Å². The van der Waals surface area contributed by atoms with Crippen LogP contribution in [0.3, 0.4) is 0 Å². The van der Waals surface area contributed by atoms with Crippen LogP contribution in [0.25, 0.3) is 11.2 Å². The summed E-state index contributed by atoms with van der Waals surface area (Å²) in [5.74, 6) is 0.601. The first-order valence-electron chi connectivity index (χ1n) is 7.18. The minimum absolute atomic E-state index is 0.0258. The van der Waals surface area contributed by atoms with Crippen molar-refractivity contribution in [1.29, 1.82) is 0 Å². The van der Waals surface area contributed by atoms with E-state index in [0.29, 0.717) is 42.0 Å². The largest absolute Gasteiger partial charge is 0.352 e. The number of aryl methyl sites for hydroxylation is 1. The van der Waals surface area contributed by atoms with Crippen molar-refractivity contribution in [2.24, 2.45) is 0 Å². The van der Waals surface area contributed by atoms with Crippen LogP contribution in [0.1, 0.15) is 26.1 Å². The molecule has 0 aliphatic carbocycles. The van der Waals surface area contributed by atoms with Gasteiger partial charge in [0.15, 0.2) is 10.8 Å². The van der Waals surface area contributed by atoms with Gasteiger partial charge in [-0.15, -0.1) is 0 Å². The van der Waals surface area contributed by atoms with Crippen LogP contribution < -0.4 is 0 Å². The molecule has 0 bridgehead atoms. The number of ether oxygens (including phenoxy) is 3. The number of fused-ring (bicyclic) bond motifs is 2. The van der Waals surface area contributed by atoms with Crippen molar-refractivity contribution < 1.29 is 14.2 Å². The van der Waals surface area contributed by atoms with Gasteiger partial charge in [0.05, 0.1) is 19.0 Å². The predicted octanol–water partition coefficient (Wildman–Crippen LogP) is 2.01. The molecule has 2 aliphatic heterocycles. The van der Waals surface area contributed by atoms with Crippen LogP contribution in [0.4, 0.5) is 0 Å². The van der Waals surface area contributed by atoms with Gasteiger partial charge in [-0.25, -0.2) is 15.0 Å². The molecule has 4 rings (SSSR count). The average Bonchev–Trinajstić information content (AvgIpc) is 2.96. The smallest absolute Gasteiger partial charge is 0.167 e. The molecule has 8 heteroatoms. The third kappa shape index (κ3) is 1.96. The van der Waals surface area contributed by atoms with Gasteiger partial charge in [0.25, 0.3) is 0 Å². The fourth-order valence-corrected chi connectivity index (χ4v) is 3.62. The van der Waals surface area contributed by atoms with Crippen LogP contribution in [-0.4, -0.2) is 44.6 Å². The van der Waals surface area contributed by atoms with Crippen molar-refractivity contribution in [3.05, 3.63) is 17.3 Å². The molecule has 0 radical (unpaired) electrons. The van der Waals surface area contributed by atoms with E-state index in [9.17, 15) is 0 Å². The molecule has 22 heavy (non-hydrogen) atoms. The van der Waals surface area contributed by atoms with E-state index in [-0.39, 0.29) is 6.10 Å². The highest BCUT2D eigenvalue weighted by Crippen LogP contribution is 2.45. The lowest BCUT2D eigenvalue weighted by Gasteiger charge is -2.35. The zero-order chi connectivity index (χ0) is 15.5. The van der Waals surface area contributed by atoms with Gasteiger partial charge in [0, 0.05) is 6.42 Å². The average molecular weight is 325 g/mol. The van der Waals surface area contributed by atoms with Gasteiger partial charge in [0.1, 0.15) is 29.5 Å². The van der Waals surface area contributed by atoms with Gasteiger partial charge in [-0.05, 0) is 20.8 Å². The number of halogens is 1. The van der Waals surface area contributed by atoms with Gasteiger partial charge in [-0.3, -0.25) is 4.57 Å². The Bertz CT molecular complexity index is 751. The van der Waals surface area contributed by atoms with Crippen LogP contribution in [0, 0.1) is 6.92 Å². The van der Waals surface area contributed by atoms with Crippen LogP contribution in [0.15, 0.2) is 6.33 Å². The van der Waals surface area contributed by atoms with Crippen molar-refractivity contribution in [1.82, 2.24) is 19.5 Å². The standard InChI is InChI=1S/C14H17ClN4O3/c1-8-17-11(15)10-12(18-8)19(6-16-10)14(3)4-9-13(2,22-14)5-20-7-21-9/h6,9H,4-5,7H2,1-3H3. The summed E-state index contributed by atoms with van der Waals surface area (Å²) in [6, 6.07) is 0. The Hall–Kier alpha value is -1.28. The molecule has 0 saturated carbocycles. The minimum Gasteiger partial charge on any atom is -0.352 e. The quantitative estimate of drug-likeness (QED) is 0.747. The topological polar surface area (TPSA) is 71.3 Å². The van der Waals surface area contributed by atoms with E-state index >= 15 is 0 Å². The maximum atomic E-state index is 6.34. The van der Waals surface area contributed by atoms with E-state index < -0.39 is 11.3 Å². The molecule has 2 saturated heterocycles. The second-order valence-corrected chi connectivity index (χ2v) is 6.62. The van der Waals surface area contributed by atoms with E-state index in [4.69, 9.17) is 25.8 Å². The summed E-state index contributed by atoms with van der Waals surface area (Å²) in [6.07, 6.45) is 2.37. The molecular formula is C14H17ClN4O3. The Morgan fingerprint density at radius 2 is 2.18 bits per heavy atom. The van der Waals surface area contributed by atoms with Crippen molar-refractivity contribution in [2.75, 3.05) is 13.4 Å². The summed E-state index contributed by atoms with van der Waals surface area (Å²) in [5.41, 5.74) is 0.152. The maximum Gasteiger partial charge on any atom is 0.167 e. The summed E-state index contributed by atoms with van der Waals surface area (Å²) >= 11 is 6.16. The van der Waals surface area contributed by atoms with Gasteiger partial charge in [-0.2, -0.15) is 0 Å². The Kier molecular flexibility index (Phi) is 3.00. The molecule has 0 amide bonds. The van der Waals surface area contributed by atoms with Gasteiger partial charge in [-0.1, -0.05) is 11.6 Å². The van der Waals surface area contributed by atoms with Crippen LogP contribution in [-0.2, 0) is 19.9 Å². The van der Waals surface area contributed by atoms with Gasteiger partial charge >= 0.3 is 0 Å². The highest BCUT2D eigenvalue weighted by atomic mass is 35.5. The van der Waals surface area contributed by atoms with Crippen molar-refractivity contribution in [3.63, 3.8) is 0 Å². The molecule has 4 heterocycles. The molecule has 3 atom stereocenters. The second kappa shape index (κ2) is 4.61. The summed E-state index contributed by atoms with van der Waals surface area (Å²) < 4.78 is 19.4. The van der Waals surface area contributed by atoms with Crippen molar-refractivity contribution in [3.8, 4) is 0 Å². The van der Waals surface area contributed by atoms with Crippen molar-refractivity contribution in [2.45, 2.75) is 44.6 Å². The maximum absolute atomic E-state index is 6.34. The Labute approximate surface area is 132 Å². The third-order valence-electron chi connectivity index (χ3n) is 4.41. The lowest BCUT2D eigenvalue weighted by Crippen LogP contribution is -2.47. The number of aromatic nitrogens is 4. The molecule has 0 spiro atoms. The first-order valence-corrected chi connectivity index (χ1v) is 7.56. The molecule has 2 fully saturated rings. The molecule has 0 aromatic carbocycles. The Morgan fingerprint density at radius 1 is 1.36 bits per heavy atom. The molecule has 2 aliphatic rings. The lowest BCUT2D eigenvalue weighted by molar-refractivity contribution is -0.238. The first-order chi connectivity index (χ1) is 10.4. The molecule has 118 valence electrons. The van der Waals surface area contributed by atoms with E-state index in [2.05, 4.69) is 15.0 Å². The highest BCUT2D eigenvalue weighted by Gasteiger charge is 2.55. The van der Waals surface area contributed by atoms with E-state index in [1.807, 2.05) is 18.4 Å². The zero-order valence-corrected chi connectivity index (χ0v) is 13.4. The van der Waals surface area contributed by atoms with Crippen LogP contribution in [0.5, 0.6) is 0 Å². The van der Waals surface area contributed by atoms with Crippen LogP contribution >= 0.6 is 11.6 Å². The van der Waals surface area contributed by atoms with Gasteiger partial charge < -0.3 is 14.2 Å². The zero-order valence-electron chi connectivity index (χ0n) is 12.7. The first kappa shape index (κ1) is 14.3. The molecule has 0 N–H and O–H groups in total. The molecule has 7 nitrogen and oxygen atoms in total. The number of hydrogen-bond acceptors (Lipinski definition) is 6. The second-order valence-electron chi connectivity index (χ2n) is 6.26. The van der Waals surface area contributed by atoms with E-state index in [1.165, 1.54) is 0 Å². The highest BCUT2D eigenvalue weighted by molar-refractivity contribution is 6.33. The summed E-state index contributed by atoms with van der Waals surface area (Å²) in [5, 5.41) is 0.353. The summed E-state index contributed by atoms with van der Waals surface area (Å²) in [6.45, 7) is 6.63. The molecule has 3 unspecified atom stereocenters. The Morgan fingerprint density at radius 3 is 2.95 bits per heavy atom. The number of hydrogen-bond donors (Lipinski definition) is 0. The van der Waals surface area contributed by atoms with E-state index in [0.717, 1.165) is 0 Å². The molecule has 2 aromatic heterocycles. The summed E-state index contributed by atoms with van der Waals surface area (Å²) in [4.78, 5) is 13.0. The molecular weight excluding hydrogens is 308 g/mol. The number of rotatable bonds is 1. The summed E-state index contributed by atoms with van der Waals surface area (Å²) in [7, 11) is 0. The third-order valence-corrected chi connectivity index (χ3v) is 4.68. The predicted molar refractivity (Wildman–Crippen MR) is 78.5 cm³/mol. The van der Waals surface area contributed by atoms with Crippen LogP contribution in [0.2, 0.25) is 5.15 Å².